The summed E-state index contributed by atoms with van der Waals surface area (Å²) in [6, 6.07) is 7.47. The van der Waals surface area contributed by atoms with E-state index in [-0.39, 0.29) is 29.5 Å². The second-order valence-electron chi connectivity index (χ2n) is 7.35. The van der Waals surface area contributed by atoms with Crippen molar-refractivity contribution in [3.8, 4) is 0 Å². The van der Waals surface area contributed by atoms with Gasteiger partial charge in [-0.2, -0.15) is 0 Å². The van der Waals surface area contributed by atoms with Crippen molar-refractivity contribution in [2.75, 3.05) is 30.7 Å². The minimum absolute atomic E-state index is 0.00925. The second kappa shape index (κ2) is 8.28. The van der Waals surface area contributed by atoms with E-state index in [4.69, 9.17) is 5.73 Å². The van der Waals surface area contributed by atoms with E-state index in [0.717, 1.165) is 5.69 Å². The van der Waals surface area contributed by atoms with Crippen LogP contribution < -0.4 is 11.1 Å². The van der Waals surface area contributed by atoms with E-state index < -0.39 is 0 Å². The van der Waals surface area contributed by atoms with E-state index in [1.165, 1.54) is 5.56 Å². The molecular formula is C19H26N6O3. The van der Waals surface area contributed by atoms with E-state index in [1.807, 2.05) is 31.2 Å². The van der Waals surface area contributed by atoms with E-state index in [0.29, 0.717) is 32.0 Å². The zero-order valence-electron chi connectivity index (χ0n) is 16.4. The number of hydrogen-bond donors (Lipinski definition) is 2. The van der Waals surface area contributed by atoms with E-state index >= 15 is 0 Å². The van der Waals surface area contributed by atoms with Crippen LogP contribution in [0.15, 0.2) is 28.9 Å². The third-order valence-electron chi connectivity index (χ3n) is 4.94. The van der Waals surface area contributed by atoms with Crippen molar-refractivity contribution in [1.29, 1.82) is 0 Å². The molecule has 2 aromatic rings. The Balaban J connectivity index is 1.64. The lowest BCUT2D eigenvalue weighted by molar-refractivity contribution is 0.0686. The Morgan fingerprint density at radius 1 is 1.21 bits per heavy atom. The molecule has 28 heavy (non-hydrogen) atoms. The van der Waals surface area contributed by atoms with Gasteiger partial charge in [-0.15, -0.1) is 0 Å². The van der Waals surface area contributed by atoms with Crippen LogP contribution in [0.4, 0.5) is 16.3 Å². The number of anilines is 2. The van der Waals surface area contributed by atoms with Gasteiger partial charge in [-0.3, -0.25) is 4.79 Å². The first-order valence-corrected chi connectivity index (χ1v) is 9.41. The van der Waals surface area contributed by atoms with Crippen LogP contribution in [-0.4, -0.2) is 57.7 Å². The fraction of sp³-hybridized carbons (Fsp3) is 0.474. The topological polar surface area (TPSA) is 118 Å². The third kappa shape index (κ3) is 4.24. The first-order chi connectivity index (χ1) is 13.4. The van der Waals surface area contributed by atoms with Gasteiger partial charge < -0.3 is 20.9 Å². The van der Waals surface area contributed by atoms with Crippen LogP contribution in [0.3, 0.4) is 0 Å². The molecule has 0 aliphatic carbocycles. The van der Waals surface area contributed by atoms with Crippen molar-refractivity contribution in [2.45, 2.75) is 39.2 Å². The molecule has 0 radical (unpaired) electrons. The molecule has 9 heteroatoms. The summed E-state index contributed by atoms with van der Waals surface area (Å²) in [6.45, 7) is 7.61. The maximum absolute atomic E-state index is 12.7. The summed E-state index contributed by atoms with van der Waals surface area (Å²) in [5.41, 5.74) is 7.61. The Bertz CT molecular complexity index is 832. The first kappa shape index (κ1) is 19.7. The van der Waals surface area contributed by atoms with Crippen molar-refractivity contribution in [3.63, 3.8) is 0 Å². The minimum Gasteiger partial charge on any atom is -0.379 e. The average molecular weight is 386 g/mol. The molecule has 1 aromatic carbocycles. The van der Waals surface area contributed by atoms with Gasteiger partial charge in [0.1, 0.15) is 0 Å². The molecule has 1 fully saturated rings. The van der Waals surface area contributed by atoms with Gasteiger partial charge in [0.2, 0.25) is 11.5 Å². The number of nitrogen functional groups attached to an aromatic ring is 1. The summed E-state index contributed by atoms with van der Waals surface area (Å²) < 4.78 is 4.53. The molecule has 150 valence electrons. The Morgan fingerprint density at radius 3 is 2.54 bits per heavy atom. The molecule has 1 saturated heterocycles. The molecule has 3 rings (SSSR count). The molecule has 1 atom stereocenters. The Labute approximate surface area is 163 Å². The van der Waals surface area contributed by atoms with E-state index in [9.17, 15) is 9.59 Å². The molecule has 0 spiro atoms. The van der Waals surface area contributed by atoms with Crippen LogP contribution >= 0.6 is 0 Å². The number of nitrogens with two attached hydrogens (primary N) is 1. The number of nitrogens with zero attached hydrogens (tertiary/aromatic N) is 4. The smallest absolute Gasteiger partial charge is 0.321 e. The molecule has 1 aliphatic heterocycles. The van der Waals surface area contributed by atoms with Crippen molar-refractivity contribution in [1.82, 2.24) is 20.1 Å². The van der Waals surface area contributed by atoms with Crippen molar-refractivity contribution < 1.29 is 14.2 Å². The number of urea groups is 1. The van der Waals surface area contributed by atoms with Crippen molar-refractivity contribution in [2.24, 2.45) is 0 Å². The number of benzene rings is 1. The normalized spacial score (nSPS) is 17.5. The molecule has 2 heterocycles. The highest BCUT2D eigenvalue weighted by Gasteiger charge is 2.31. The summed E-state index contributed by atoms with van der Waals surface area (Å²) in [7, 11) is 0. The summed E-state index contributed by atoms with van der Waals surface area (Å²) in [6.07, 6.45) is 0.654. The summed E-state index contributed by atoms with van der Waals surface area (Å²) in [5.74, 6) is 0.0763. The summed E-state index contributed by atoms with van der Waals surface area (Å²) in [4.78, 5) is 28.7. The van der Waals surface area contributed by atoms with Gasteiger partial charge in [-0.25, -0.2) is 9.42 Å². The molecule has 3 amide bonds. The van der Waals surface area contributed by atoms with E-state index in [1.54, 1.807) is 9.80 Å². The van der Waals surface area contributed by atoms with Crippen LogP contribution in [0.5, 0.6) is 0 Å². The number of rotatable bonds is 3. The quantitative estimate of drug-likeness (QED) is 0.837. The first-order valence-electron chi connectivity index (χ1n) is 9.41. The molecule has 0 bridgehead atoms. The summed E-state index contributed by atoms with van der Waals surface area (Å²) in [5, 5.41) is 9.98. The minimum atomic E-state index is -0.335. The fourth-order valence-electron chi connectivity index (χ4n) is 3.28. The molecule has 9 nitrogen and oxygen atoms in total. The maximum atomic E-state index is 12.7. The van der Waals surface area contributed by atoms with Gasteiger partial charge in [-0.05, 0) is 47.3 Å². The molecule has 1 aromatic heterocycles. The molecular weight excluding hydrogens is 360 g/mol. The van der Waals surface area contributed by atoms with Crippen molar-refractivity contribution >= 4 is 23.4 Å². The standard InChI is InChI=1S/C19H26N6O3/c1-12(2)14-5-7-15(8-6-14)21-19(27)24-9-4-10-25(13(3)11-24)18(26)16-17(20)23-28-22-16/h5-8,12-13H,4,9-11H2,1-3H3,(H2,20,23)(H,21,27)/t13-/m1/s1. The largest absolute Gasteiger partial charge is 0.379 e. The van der Waals surface area contributed by atoms with Crippen LogP contribution in [0.2, 0.25) is 0 Å². The monoisotopic (exact) mass is 386 g/mol. The van der Waals surface area contributed by atoms with Crippen molar-refractivity contribution in [3.05, 3.63) is 35.5 Å². The van der Waals surface area contributed by atoms with Crippen LogP contribution in [-0.2, 0) is 0 Å². The number of hydrogen-bond acceptors (Lipinski definition) is 6. The zero-order valence-corrected chi connectivity index (χ0v) is 16.4. The highest BCUT2D eigenvalue weighted by atomic mass is 16.6. The predicted molar refractivity (Wildman–Crippen MR) is 105 cm³/mol. The Kier molecular flexibility index (Phi) is 5.81. The Hall–Kier alpha value is -3.10. The number of amides is 3. The SMILES string of the molecule is CC(C)c1ccc(NC(=O)N2CCCN(C(=O)c3nonc3N)[C@H](C)C2)cc1. The lowest BCUT2D eigenvalue weighted by atomic mass is 10.0. The highest BCUT2D eigenvalue weighted by Crippen LogP contribution is 2.19. The fourth-order valence-corrected chi connectivity index (χ4v) is 3.28. The molecule has 1 aliphatic rings. The van der Waals surface area contributed by atoms with Gasteiger partial charge in [0, 0.05) is 31.4 Å². The van der Waals surface area contributed by atoms with Gasteiger partial charge in [0.05, 0.1) is 0 Å². The third-order valence-corrected chi connectivity index (χ3v) is 4.94. The van der Waals surface area contributed by atoms with Gasteiger partial charge in [0.25, 0.3) is 5.91 Å². The van der Waals surface area contributed by atoms with Crippen LogP contribution in [0, 0.1) is 0 Å². The maximum Gasteiger partial charge on any atom is 0.321 e. The Morgan fingerprint density at radius 2 is 1.93 bits per heavy atom. The van der Waals surface area contributed by atoms with Crippen LogP contribution in [0.1, 0.15) is 49.2 Å². The number of aromatic nitrogens is 2. The van der Waals surface area contributed by atoms with E-state index in [2.05, 4.69) is 34.1 Å². The lowest BCUT2D eigenvalue weighted by Gasteiger charge is -2.28. The predicted octanol–water partition coefficient (Wildman–Crippen LogP) is 2.54. The molecule has 3 N–H and O–H groups in total. The van der Waals surface area contributed by atoms with Gasteiger partial charge in [-0.1, -0.05) is 26.0 Å². The van der Waals surface area contributed by atoms with Gasteiger partial charge >= 0.3 is 6.03 Å². The number of carbonyl (C=O) groups excluding carboxylic acids is 2. The van der Waals surface area contributed by atoms with Gasteiger partial charge in [0.15, 0.2) is 0 Å². The zero-order chi connectivity index (χ0) is 20.3. The number of nitrogens with one attached hydrogen (secondary N) is 1. The molecule has 0 unspecified atom stereocenters. The second-order valence-corrected chi connectivity index (χ2v) is 7.35. The molecule has 0 saturated carbocycles. The number of carbonyl (C=O) groups is 2. The van der Waals surface area contributed by atoms with Crippen LogP contribution in [0.25, 0.3) is 0 Å². The average Bonchev–Trinajstić information content (AvgIpc) is 2.99. The highest BCUT2D eigenvalue weighted by molar-refractivity contribution is 5.96. The summed E-state index contributed by atoms with van der Waals surface area (Å²) >= 11 is 0. The lowest BCUT2D eigenvalue weighted by Crippen LogP contribution is -2.45.